The molecule has 0 saturated carbocycles. The molecule has 0 saturated heterocycles. The van der Waals surface area contributed by atoms with Crippen LogP contribution in [0.2, 0.25) is 0 Å². The van der Waals surface area contributed by atoms with Crippen LogP contribution in [0.15, 0.2) is 54.9 Å². The molecule has 1 aromatic heterocycles. The third-order valence-electron chi connectivity index (χ3n) is 3.82. The Balaban J connectivity index is 1.82. The van der Waals surface area contributed by atoms with E-state index in [-0.39, 0.29) is 11.5 Å². The van der Waals surface area contributed by atoms with Crippen LogP contribution in [-0.2, 0) is 6.18 Å². The molecule has 0 radical (unpaired) electrons. The number of ether oxygens (including phenoxy) is 2. The predicted octanol–water partition coefficient (Wildman–Crippen LogP) is 5.00. The number of rotatable bonds is 6. The molecule has 0 amide bonds. The zero-order valence-corrected chi connectivity index (χ0v) is 15.0. The van der Waals surface area contributed by atoms with Crippen LogP contribution in [0.25, 0.3) is 0 Å². The predicted molar refractivity (Wildman–Crippen MR) is 99.6 cm³/mol. The molecule has 3 rings (SSSR count). The smallest absolute Gasteiger partial charge is 0.418 e. The second-order valence-electron chi connectivity index (χ2n) is 5.65. The molecule has 0 aliphatic heterocycles. The van der Waals surface area contributed by atoms with Crippen LogP contribution in [-0.4, -0.2) is 24.2 Å². The van der Waals surface area contributed by atoms with Crippen LogP contribution in [0.5, 0.6) is 11.5 Å². The molecule has 0 spiro atoms. The zero-order chi connectivity index (χ0) is 20.1. The standard InChI is InChI=1S/C19H17F3N4O2/c1-27-15-8-7-12(9-16(15)28-2)25-17-10-18(24-11-23-17)26-14-6-4-3-5-13(14)19(20,21)22/h3-11H,1-2H3,(H2,23,24,25,26). The Morgan fingerprint density at radius 3 is 2.18 bits per heavy atom. The number of anilines is 4. The summed E-state index contributed by atoms with van der Waals surface area (Å²) in [6.07, 6.45) is -3.22. The summed E-state index contributed by atoms with van der Waals surface area (Å²) in [6.45, 7) is 0. The molecule has 2 N–H and O–H groups in total. The third kappa shape index (κ3) is 4.43. The fourth-order valence-electron chi connectivity index (χ4n) is 2.53. The van der Waals surface area contributed by atoms with Gasteiger partial charge < -0.3 is 20.1 Å². The quantitative estimate of drug-likeness (QED) is 0.617. The lowest BCUT2D eigenvalue weighted by atomic mass is 10.1. The Morgan fingerprint density at radius 1 is 0.821 bits per heavy atom. The van der Waals surface area contributed by atoms with Gasteiger partial charge in [-0.25, -0.2) is 9.97 Å². The van der Waals surface area contributed by atoms with Gasteiger partial charge in [-0.05, 0) is 24.3 Å². The van der Waals surface area contributed by atoms with Gasteiger partial charge in [-0.2, -0.15) is 13.2 Å². The van der Waals surface area contributed by atoms with Crippen LogP contribution in [0.3, 0.4) is 0 Å². The fourth-order valence-corrected chi connectivity index (χ4v) is 2.53. The van der Waals surface area contributed by atoms with Crippen LogP contribution in [0.1, 0.15) is 5.56 Å². The second-order valence-corrected chi connectivity index (χ2v) is 5.65. The molecule has 9 heteroatoms. The highest BCUT2D eigenvalue weighted by molar-refractivity contribution is 5.66. The molecule has 0 fully saturated rings. The Morgan fingerprint density at radius 2 is 1.50 bits per heavy atom. The third-order valence-corrected chi connectivity index (χ3v) is 3.82. The molecule has 0 bridgehead atoms. The molecule has 28 heavy (non-hydrogen) atoms. The van der Waals surface area contributed by atoms with Gasteiger partial charge in [-0.1, -0.05) is 12.1 Å². The van der Waals surface area contributed by atoms with Crippen molar-refractivity contribution in [3.63, 3.8) is 0 Å². The van der Waals surface area contributed by atoms with Crippen molar-refractivity contribution in [2.24, 2.45) is 0 Å². The Kier molecular flexibility index (Phi) is 5.53. The van der Waals surface area contributed by atoms with E-state index in [9.17, 15) is 13.2 Å². The normalized spacial score (nSPS) is 11.0. The number of hydrogen-bond acceptors (Lipinski definition) is 6. The molecule has 0 atom stereocenters. The minimum absolute atomic E-state index is 0.0919. The first-order valence-electron chi connectivity index (χ1n) is 8.15. The van der Waals surface area contributed by atoms with E-state index >= 15 is 0 Å². The summed E-state index contributed by atoms with van der Waals surface area (Å²) >= 11 is 0. The number of nitrogens with one attached hydrogen (secondary N) is 2. The Hall–Kier alpha value is -3.49. The molecule has 0 aliphatic carbocycles. The maximum Gasteiger partial charge on any atom is 0.418 e. The highest BCUT2D eigenvalue weighted by Gasteiger charge is 2.33. The maximum atomic E-state index is 13.1. The van der Waals surface area contributed by atoms with E-state index in [0.717, 1.165) is 6.07 Å². The van der Waals surface area contributed by atoms with Crippen molar-refractivity contribution in [3.8, 4) is 11.5 Å². The van der Waals surface area contributed by atoms with Gasteiger partial charge in [0.1, 0.15) is 18.0 Å². The van der Waals surface area contributed by atoms with Crippen molar-refractivity contribution in [2.75, 3.05) is 24.9 Å². The summed E-state index contributed by atoms with van der Waals surface area (Å²) in [5, 5.41) is 5.74. The molecule has 0 unspecified atom stereocenters. The first kappa shape index (κ1) is 19.3. The van der Waals surface area contributed by atoms with Gasteiger partial charge in [-0.3, -0.25) is 0 Å². The number of para-hydroxylation sites is 1. The molecule has 1 heterocycles. The molecule has 6 nitrogen and oxygen atoms in total. The van der Waals surface area contributed by atoms with E-state index in [1.165, 1.54) is 44.8 Å². The first-order chi connectivity index (χ1) is 13.4. The zero-order valence-electron chi connectivity index (χ0n) is 15.0. The summed E-state index contributed by atoms with van der Waals surface area (Å²) in [5.41, 5.74) is -0.202. The lowest BCUT2D eigenvalue weighted by Gasteiger charge is -2.14. The monoisotopic (exact) mass is 390 g/mol. The van der Waals surface area contributed by atoms with Crippen LogP contribution < -0.4 is 20.1 Å². The van der Waals surface area contributed by atoms with Crippen molar-refractivity contribution in [1.82, 2.24) is 9.97 Å². The molecule has 3 aromatic rings. The van der Waals surface area contributed by atoms with E-state index in [2.05, 4.69) is 20.6 Å². The van der Waals surface area contributed by atoms with Gasteiger partial charge in [0, 0.05) is 17.8 Å². The number of aromatic nitrogens is 2. The molecule has 2 aromatic carbocycles. The van der Waals surface area contributed by atoms with Gasteiger partial charge in [-0.15, -0.1) is 0 Å². The average molecular weight is 390 g/mol. The summed E-state index contributed by atoms with van der Waals surface area (Å²) < 4.78 is 49.9. The van der Waals surface area contributed by atoms with Crippen LogP contribution in [0, 0.1) is 0 Å². The summed E-state index contributed by atoms with van der Waals surface area (Å²) in [6, 6.07) is 11.9. The topological polar surface area (TPSA) is 68.3 Å². The van der Waals surface area contributed by atoms with Crippen molar-refractivity contribution in [3.05, 3.63) is 60.4 Å². The largest absolute Gasteiger partial charge is 0.493 e. The van der Waals surface area contributed by atoms with E-state index in [1.54, 1.807) is 18.2 Å². The molecular formula is C19H17F3N4O2. The molecule has 146 valence electrons. The lowest BCUT2D eigenvalue weighted by molar-refractivity contribution is -0.136. The van der Waals surface area contributed by atoms with E-state index in [1.807, 2.05) is 0 Å². The minimum atomic E-state index is -4.47. The van der Waals surface area contributed by atoms with Crippen molar-refractivity contribution in [2.45, 2.75) is 6.18 Å². The average Bonchev–Trinajstić information content (AvgIpc) is 2.68. The van der Waals surface area contributed by atoms with Gasteiger partial charge in [0.2, 0.25) is 0 Å². The van der Waals surface area contributed by atoms with Crippen molar-refractivity contribution in [1.29, 1.82) is 0 Å². The van der Waals surface area contributed by atoms with Crippen LogP contribution >= 0.6 is 0 Å². The second kappa shape index (κ2) is 8.03. The number of alkyl halides is 3. The minimum Gasteiger partial charge on any atom is -0.493 e. The first-order valence-corrected chi connectivity index (χ1v) is 8.15. The highest BCUT2D eigenvalue weighted by Crippen LogP contribution is 2.36. The number of benzene rings is 2. The van der Waals surface area contributed by atoms with Crippen molar-refractivity contribution < 1.29 is 22.6 Å². The number of nitrogens with zero attached hydrogens (tertiary/aromatic N) is 2. The fraction of sp³-hybridized carbons (Fsp3) is 0.158. The van der Waals surface area contributed by atoms with Gasteiger partial charge in [0.05, 0.1) is 25.5 Å². The number of hydrogen-bond donors (Lipinski definition) is 2. The number of halogens is 3. The van der Waals surface area contributed by atoms with E-state index in [0.29, 0.717) is 23.0 Å². The van der Waals surface area contributed by atoms with Gasteiger partial charge >= 0.3 is 6.18 Å². The van der Waals surface area contributed by atoms with Crippen LogP contribution in [0.4, 0.5) is 36.2 Å². The van der Waals surface area contributed by atoms with E-state index in [4.69, 9.17) is 9.47 Å². The number of methoxy groups -OCH3 is 2. The highest BCUT2D eigenvalue weighted by atomic mass is 19.4. The van der Waals surface area contributed by atoms with Crippen molar-refractivity contribution >= 4 is 23.0 Å². The Labute approximate surface area is 159 Å². The summed E-state index contributed by atoms with van der Waals surface area (Å²) in [7, 11) is 3.05. The molecular weight excluding hydrogens is 373 g/mol. The maximum absolute atomic E-state index is 13.1. The van der Waals surface area contributed by atoms with Gasteiger partial charge in [0.15, 0.2) is 11.5 Å². The Bertz CT molecular complexity index is 964. The summed E-state index contributed by atoms with van der Waals surface area (Å²) in [5.74, 6) is 1.71. The van der Waals surface area contributed by atoms with E-state index < -0.39 is 11.7 Å². The lowest BCUT2D eigenvalue weighted by Crippen LogP contribution is -2.09. The van der Waals surface area contributed by atoms with Gasteiger partial charge in [0.25, 0.3) is 0 Å². The SMILES string of the molecule is COc1ccc(Nc2cc(Nc3ccccc3C(F)(F)F)ncn2)cc1OC. The summed E-state index contributed by atoms with van der Waals surface area (Å²) in [4.78, 5) is 8.08. The molecule has 0 aliphatic rings.